The summed E-state index contributed by atoms with van der Waals surface area (Å²) in [4.78, 5) is 15.4. The van der Waals surface area contributed by atoms with Crippen LogP contribution in [0.25, 0.3) is 0 Å². The van der Waals surface area contributed by atoms with Gasteiger partial charge in [-0.2, -0.15) is 5.10 Å². The lowest BCUT2D eigenvalue weighted by molar-refractivity contribution is 0.0977. The van der Waals surface area contributed by atoms with Gasteiger partial charge in [0.05, 0.1) is 28.1 Å². The Balaban J connectivity index is 1.53. The molecule has 6 rings (SSSR count). The Bertz CT molecular complexity index is 1740. The van der Waals surface area contributed by atoms with Gasteiger partial charge < -0.3 is 15.2 Å². The molecule has 4 aliphatic rings. The van der Waals surface area contributed by atoms with E-state index in [-0.39, 0.29) is 45.5 Å². The number of para-hydroxylation sites is 1. The van der Waals surface area contributed by atoms with Crippen LogP contribution in [-0.4, -0.2) is 48.0 Å². The molecule has 0 spiro atoms. The predicted octanol–water partition coefficient (Wildman–Crippen LogP) is 5.87. The number of hydrogen-bond donors (Lipinski definition) is 2. The van der Waals surface area contributed by atoms with Gasteiger partial charge in [0.2, 0.25) is 0 Å². The topological polar surface area (TPSA) is 122 Å². The van der Waals surface area contributed by atoms with Gasteiger partial charge in [-0.25, -0.2) is 12.8 Å². The van der Waals surface area contributed by atoms with E-state index in [1.165, 1.54) is 29.3 Å². The molecule has 0 radical (unpaired) electrons. The van der Waals surface area contributed by atoms with Crippen LogP contribution >= 0.6 is 0 Å². The van der Waals surface area contributed by atoms with Crippen molar-refractivity contribution in [1.82, 2.24) is 10.2 Å². The first kappa shape index (κ1) is 28.9. The summed E-state index contributed by atoms with van der Waals surface area (Å²) in [6, 6.07) is 6.28. The highest BCUT2D eigenvalue weighted by atomic mass is 32.2. The smallest absolute Gasteiger partial charge is 0.279 e. The largest absolute Gasteiger partial charge is 0.506 e. The Morgan fingerprint density at radius 2 is 2.05 bits per heavy atom. The van der Waals surface area contributed by atoms with E-state index in [0.717, 1.165) is 18.4 Å². The predicted molar refractivity (Wildman–Crippen MR) is 161 cm³/mol. The second-order valence-electron chi connectivity index (χ2n) is 12.0. The number of phenols is 1. The van der Waals surface area contributed by atoms with E-state index >= 15 is 4.39 Å². The summed E-state index contributed by atoms with van der Waals surface area (Å²) in [5, 5.41) is 21.9. The molecule has 2 N–H and O–H groups in total. The third-order valence-corrected chi connectivity index (χ3v) is 10.3. The maximum atomic E-state index is 16.3. The van der Waals surface area contributed by atoms with E-state index < -0.39 is 33.0 Å². The maximum absolute atomic E-state index is 16.3. The van der Waals surface area contributed by atoms with E-state index in [2.05, 4.69) is 27.7 Å². The summed E-state index contributed by atoms with van der Waals surface area (Å²) < 4.78 is 50.4. The van der Waals surface area contributed by atoms with E-state index in [4.69, 9.17) is 4.74 Å². The molecule has 2 aliphatic heterocycles. The Morgan fingerprint density at radius 1 is 1.21 bits per heavy atom. The Morgan fingerprint density at radius 3 is 2.77 bits per heavy atom. The van der Waals surface area contributed by atoms with Crippen LogP contribution in [0, 0.1) is 5.41 Å². The standard InChI is InChI=1S/C32H33FN4O5S/c1-32(2)17-25-30(43(40,41)19-32)29(22-14-13-21(16-23(22)33)42-18-20-8-4-3-5-9-20)37(31(39)24-10-7-15-34-36-24)26-11-6-12-27(38)28(26)35-25/h4,6-12,15-16,29,35,38H,3,5,13-14,17-19H2,1-2H3. The van der Waals surface area contributed by atoms with Gasteiger partial charge in [0.1, 0.15) is 23.9 Å². The zero-order valence-electron chi connectivity index (χ0n) is 24.0. The van der Waals surface area contributed by atoms with E-state index in [1.807, 2.05) is 19.9 Å². The van der Waals surface area contributed by atoms with Crippen molar-refractivity contribution in [2.24, 2.45) is 5.41 Å². The van der Waals surface area contributed by atoms with Gasteiger partial charge in [0.25, 0.3) is 5.91 Å². The number of carbonyl (C=O) groups is 1. The monoisotopic (exact) mass is 604 g/mol. The second-order valence-corrected chi connectivity index (χ2v) is 13.9. The van der Waals surface area contributed by atoms with Gasteiger partial charge in [-0.1, -0.05) is 38.1 Å². The number of rotatable bonds is 5. The number of aromatic hydroxyl groups is 1. The third-order valence-electron chi connectivity index (χ3n) is 8.00. The maximum Gasteiger partial charge on any atom is 0.279 e. The summed E-state index contributed by atoms with van der Waals surface area (Å²) in [7, 11) is -4.02. The summed E-state index contributed by atoms with van der Waals surface area (Å²) in [6.45, 7) is 3.99. The van der Waals surface area contributed by atoms with Crippen molar-refractivity contribution in [3.8, 4) is 5.75 Å². The zero-order chi connectivity index (χ0) is 30.4. The number of allylic oxidation sites excluding steroid dienone is 6. The zero-order valence-corrected chi connectivity index (χ0v) is 24.8. The molecular weight excluding hydrogens is 571 g/mol. The second kappa shape index (κ2) is 11.1. The minimum Gasteiger partial charge on any atom is -0.506 e. The molecule has 9 nitrogen and oxygen atoms in total. The first-order valence-electron chi connectivity index (χ1n) is 14.3. The van der Waals surface area contributed by atoms with Crippen LogP contribution in [0.2, 0.25) is 0 Å². The number of aromatic nitrogens is 2. The van der Waals surface area contributed by atoms with Gasteiger partial charge in [0.15, 0.2) is 15.5 Å². The number of benzene rings is 1. The van der Waals surface area contributed by atoms with Crippen molar-refractivity contribution in [2.75, 3.05) is 22.6 Å². The van der Waals surface area contributed by atoms with Crippen LogP contribution in [0.4, 0.5) is 15.8 Å². The molecule has 1 aromatic heterocycles. The molecule has 0 saturated carbocycles. The number of hydrogen-bond acceptors (Lipinski definition) is 8. The molecule has 224 valence electrons. The number of nitrogens with zero attached hydrogens (tertiary/aromatic N) is 3. The van der Waals surface area contributed by atoms with Gasteiger partial charge in [-0.05, 0) is 66.5 Å². The highest BCUT2D eigenvalue weighted by Crippen LogP contribution is 2.50. The van der Waals surface area contributed by atoms with Crippen LogP contribution in [0.15, 0.2) is 94.2 Å². The molecule has 1 aromatic carbocycles. The number of fused-ring (bicyclic) bond motifs is 1. The van der Waals surface area contributed by atoms with E-state index in [9.17, 15) is 18.3 Å². The summed E-state index contributed by atoms with van der Waals surface area (Å²) >= 11 is 0. The molecule has 0 fully saturated rings. The minimum absolute atomic E-state index is 0.0513. The van der Waals surface area contributed by atoms with Crippen molar-refractivity contribution in [1.29, 1.82) is 0 Å². The van der Waals surface area contributed by atoms with Crippen LogP contribution in [0.3, 0.4) is 0 Å². The minimum atomic E-state index is -4.02. The van der Waals surface area contributed by atoms with Gasteiger partial charge in [-0.3, -0.25) is 9.69 Å². The molecule has 2 aromatic rings. The lowest BCUT2D eigenvalue weighted by atomic mass is 9.87. The lowest BCUT2D eigenvalue weighted by Crippen LogP contribution is -2.47. The van der Waals surface area contributed by atoms with Crippen molar-refractivity contribution in [2.45, 2.75) is 52.0 Å². The van der Waals surface area contributed by atoms with Gasteiger partial charge >= 0.3 is 0 Å². The number of phenolic OH excluding ortho intramolecular Hbond substituents is 1. The van der Waals surface area contributed by atoms with Crippen LogP contribution in [0.5, 0.6) is 5.75 Å². The molecule has 2 aliphatic carbocycles. The molecule has 1 unspecified atom stereocenters. The van der Waals surface area contributed by atoms with Crippen molar-refractivity contribution < 1.29 is 27.4 Å². The number of sulfone groups is 1. The average molecular weight is 605 g/mol. The number of halogens is 1. The first-order chi connectivity index (χ1) is 20.5. The molecular formula is C32H33FN4O5S. The SMILES string of the molecule is CC1(C)CC2=C(C(C3=C(F)C=C(OCC4=CCCC=C4)CC3)N(C(=O)c3cccnn3)c3cccc(O)c3N2)S(=O)(=O)C1. The van der Waals surface area contributed by atoms with Crippen LogP contribution < -0.4 is 10.2 Å². The molecule has 1 amide bonds. The van der Waals surface area contributed by atoms with Crippen molar-refractivity contribution >= 4 is 27.1 Å². The van der Waals surface area contributed by atoms with E-state index in [1.54, 1.807) is 18.2 Å². The Hall–Kier alpha value is -4.25. The number of anilines is 2. The quantitative estimate of drug-likeness (QED) is 0.406. The van der Waals surface area contributed by atoms with Gasteiger partial charge in [0, 0.05) is 24.4 Å². The van der Waals surface area contributed by atoms with Gasteiger partial charge in [-0.15, -0.1) is 5.10 Å². The van der Waals surface area contributed by atoms with Crippen molar-refractivity contribution in [3.05, 3.63) is 99.9 Å². The summed E-state index contributed by atoms with van der Waals surface area (Å²) in [5.41, 5.74) is 1.13. The van der Waals surface area contributed by atoms with Crippen LogP contribution in [-0.2, 0) is 14.6 Å². The van der Waals surface area contributed by atoms with Crippen molar-refractivity contribution in [3.63, 3.8) is 0 Å². The molecule has 11 heteroatoms. The summed E-state index contributed by atoms with van der Waals surface area (Å²) in [6.07, 6.45) is 11.5. The molecule has 0 bridgehead atoms. The first-order valence-corrected chi connectivity index (χ1v) is 15.9. The fourth-order valence-electron chi connectivity index (χ4n) is 6.20. The third kappa shape index (κ3) is 5.61. The average Bonchev–Trinajstić information content (AvgIpc) is 3.11. The number of carbonyl (C=O) groups excluding carboxylic acids is 1. The highest BCUT2D eigenvalue weighted by molar-refractivity contribution is 7.95. The van der Waals surface area contributed by atoms with Crippen LogP contribution in [0.1, 0.15) is 56.4 Å². The fourth-order valence-corrected chi connectivity index (χ4v) is 8.57. The fraction of sp³-hybridized carbons (Fsp3) is 0.344. The number of amides is 1. The number of ether oxygens (including phenoxy) is 1. The number of nitrogens with one attached hydrogen (secondary N) is 1. The lowest BCUT2D eigenvalue weighted by Gasteiger charge is -2.38. The molecule has 1 atom stereocenters. The Labute approximate surface area is 250 Å². The summed E-state index contributed by atoms with van der Waals surface area (Å²) in [5.74, 6) is -1.26. The molecule has 0 saturated heterocycles. The highest BCUT2D eigenvalue weighted by Gasteiger charge is 2.48. The normalized spacial score (nSPS) is 22.5. The Kier molecular flexibility index (Phi) is 7.45. The van der Waals surface area contributed by atoms with E-state index in [0.29, 0.717) is 30.9 Å². The molecule has 3 heterocycles. The molecule has 43 heavy (non-hydrogen) atoms.